The highest BCUT2D eigenvalue weighted by Crippen LogP contribution is 2.15. The number of hydrogen-bond acceptors (Lipinski definition) is 3. The lowest BCUT2D eigenvalue weighted by Crippen LogP contribution is -2.52. The fourth-order valence-electron chi connectivity index (χ4n) is 2.29. The predicted octanol–water partition coefficient (Wildman–Crippen LogP) is 1.27. The zero-order chi connectivity index (χ0) is 15.9. The molecule has 1 fully saturated rings. The molecule has 0 spiro atoms. The van der Waals surface area contributed by atoms with Crippen molar-refractivity contribution in [2.45, 2.75) is 38.3 Å². The van der Waals surface area contributed by atoms with Crippen molar-refractivity contribution >= 4 is 11.9 Å². The molecule has 0 saturated carbocycles. The van der Waals surface area contributed by atoms with Gasteiger partial charge in [0.15, 0.2) is 0 Å². The summed E-state index contributed by atoms with van der Waals surface area (Å²) in [5.74, 6) is -0.740. The molecule has 3 amide bonds. The number of benzene rings is 1. The first-order valence-corrected chi connectivity index (χ1v) is 7.26. The average molecular weight is 309 g/mol. The quantitative estimate of drug-likeness (QED) is 0.733. The third kappa shape index (κ3) is 5.00. The molecule has 2 unspecified atom stereocenters. The second-order valence-corrected chi connectivity index (χ2v) is 5.29. The molecular formula is C15H20FN3O3. The van der Waals surface area contributed by atoms with Gasteiger partial charge in [0.05, 0.1) is 18.6 Å². The highest BCUT2D eigenvalue weighted by Gasteiger charge is 2.23. The van der Waals surface area contributed by atoms with E-state index in [0.29, 0.717) is 12.2 Å². The Bertz CT molecular complexity index is 515. The molecule has 1 aliphatic rings. The van der Waals surface area contributed by atoms with Gasteiger partial charge in [0.1, 0.15) is 5.82 Å². The number of halogens is 1. The number of amides is 3. The van der Waals surface area contributed by atoms with E-state index in [1.807, 2.05) is 6.92 Å². The molecule has 22 heavy (non-hydrogen) atoms. The molecule has 0 aromatic heterocycles. The summed E-state index contributed by atoms with van der Waals surface area (Å²) in [6.45, 7) is 2.57. The van der Waals surface area contributed by atoms with Crippen LogP contribution in [0.4, 0.5) is 9.18 Å². The molecule has 1 heterocycles. The minimum absolute atomic E-state index is 0.0145. The second kappa shape index (κ2) is 7.74. The Hall–Kier alpha value is -2.15. The molecule has 6 nitrogen and oxygen atoms in total. The van der Waals surface area contributed by atoms with Crippen LogP contribution in [0.15, 0.2) is 24.3 Å². The molecule has 120 valence electrons. The third-order valence-corrected chi connectivity index (χ3v) is 3.47. The first-order chi connectivity index (χ1) is 10.5. The topological polar surface area (TPSA) is 79.5 Å². The van der Waals surface area contributed by atoms with E-state index in [1.165, 1.54) is 24.3 Å². The van der Waals surface area contributed by atoms with Crippen LogP contribution in [0, 0.1) is 5.82 Å². The van der Waals surface area contributed by atoms with Gasteiger partial charge in [-0.2, -0.15) is 0 Å². The van der Waals surface area contributed by atoms with Gasteiger partial charge in [0, 0.05) is 6.61 Å². The summed E-state index contributed by atoms with van der Waals surface area (Å²) < 4.78 is 18.2. The Morgan fingerprint density at radius 3 is 2.68 bits per heavy atom. The van der Waals surface area contributed by atoms with Crippen molar-refractivity contribution < 1.29 is 18.7 Å². The summed E-state index contributed by atoms with van der Waals surface area (Å²) in [5, 5.41) is 2.71. The van der Waals surface area contributed by atoms with E-state index >= 15 is 0 Å². The molecule has 1 saturated heterocycles. The monoisotopic (exact) mass is 309 g/mol. The first kappa shape index (κ1) is 16.2. The molecule has 0 radical (unpaired) electrons. The van der Waals surface area contributed by atoms with Crippen molar-refractivity contribution in [2.75, 3.05) is 6.61 Å². The molecular weight excluding hydrogens is 289 g/mol. The van der Waals surface area contributed by atoms with Crippen LogP contribution in [0.2, 0.25) is 0 Å². The molecule has 3 N–H and O–H groups in total. The van der Waals surface area contributed by atoms with Gasteiger partial charge in [-0.25, -0.2) is 14.6 Å². The molecule has 7 heteroatoms. The maximum absolute atomic E-state index is 12.8. The summed E-state index contributed by atoms with van der Waals surface area (Å²) in [6.07, 6.45) is 1.98. The summed E-state index contributed by atoms with van der Waals surface area (Å²) in [5.41, 5.74) is 5.26. The van der Waals surface area contributed by atoms with Crippen molar-refractivity contribution in [3.8, 4) is 0 Å². The van der Waals surface area contributed by atoms with Gasteiger partial charge < -0.3 is 10.1 Å². The zero-order valence-corrected chi connectivity index (χ0v) is 12.4. The lowest BCUT2D eigenvalue weighted by atomic mass is 10.1. The minimum atomic E-state index is -0.490. The van der Waals surface area contributed by atoms with Crippen molar-refractivity contribution in [1.29, 1.82) is 0 Å². The van der Waals surface area contributed by atoms with Gasteiger partial charge in [-0.05, 0) is 37.5 Å². The second-order valence-electron chi connectivity index (χ2n) is 5.29. The van der Waals surface area contributed by atoms with E-state index < -0.39 is 6.03 Å². The van der Waals surface area contributed by atoms with E-state index in [4.69, 9.17) is 4.74 Å². The van der Waals surface area contributed by atoms with E-state index in [0.717, 1.165) is 12.8 Å². The highest BCUT2D eigenvalue weighted by atomic mass is 19.1. The standard InChI is InChI=1S/C15H20FN3O3/c1-10(13-3-2-8-22-13)17-15(21)19-18-14(20)9-11-4-6-12(16)7-5-11/h4-7,10,13H,2-3,8-9H2,1H3,(H,18,20)(H2,17,19,21). The molecule has 0 bridgehead atoms. The largest absolute Gasteiger partial charge is 0.376 e. The van der Waals surface area contributed by atoms with Gasteiger partial charge in [-0.3, -0.25) is 10.2 Å². The zero-order valence-electron chi connectivity index (χ0n) is 12.4. The fraction of sp³-hybridized carbons (Fsp3) is 0.467. The van der Waals surface area contributed by atoms with Gasteiger partial charge in [0.25, 0.3) is 0 Å². The van der Waals surface area contributed by atoms with E-state index in [2.05, 4.69) is 16.2 Å². The van der Waals surface area contributed by atoms with Gasteiger partial charge in [0.2, 0.25) is 5.91 Å². The van der Waals surface area contributed by atoms with Crippen molar-refractivity contribution in [1.82, 2.24) is 16.2 Å². The number of hydrazine groups is 1. The van der Waals surface area contributed by atoms with E-state index in [-0.39, 0.29) is 30.3 Å². The molecule has 1 aromatic carbocycles. The maximum Gasteiger partial charge on any atom is 0.333 e. The predicted molar refractivity (Wildman–Crippen MR) is 78.4 cm³/mol. The molecule has 2 rings (SSSR count). The Morgan fingerprint density at radius 1 is 1.32 bits per heavy atom. The number of carbonyl (C=O) groups excluding carboxylic acids is 2. The van der Waals surface area contributed by atoms with Crippen LogP contribution < -0.4 is 16.2 Å². The van der Waals surface area contributed by atoms with Gasteiger partial charge in [-0.1, -0.05) is 12.1 Å². The number of carbonyl (C=O) groups is 2. The van der Waals surface area contributed by atoms with Crippen LogP contribution in [0.1, 0.15) is 25.3 Å². The third-order valence-electron chi connectivity index (χ3n) is 3.47. The molecule has 1 aromatic rings. The lowest BCUT2D eigenvalue weighted by Gasteiger charge is -2.20. The van der Waals surface area contributed by atoms with Crippen LogP contribution >= 0.6 is 0 Å². The average Bonchev–Trinajstić information content (AvgIpc) is 3.02. The SMILES string of the molecule is CC(NC(=O)NNC(=O)Cc1ccc(F)cc1)C1CCCO1. The Kier molecular flexibility index (Phi) is 5.71. The minimum Gasteiger partial charge on any atom is -0.376 e. The molecule has 2 atom stereocenters. The maximum atomic E-state index is 12.8. The smallest absolute Gasteiger partial charge is 0.333 e. The number of urea groups is 1. The van der Waals surface area contributed by atoms with Crippen molar-refractivity contribution in [2.24, 2.45) is 0 Å². The van der Waals surface area contributed by atoms with Crippen LogP contribution in [0.5, 0.6) is 0 Å². The molecule has 1 aliphatic heterocycles. The van der Waals surface area contributed by atoms with E-state index in [9.17, 15) is 14.0 Å². The van der Waals surface area contributed by atoms with E-state index in [1.54, 1.807) is 0 Å². The van der Waals surface area contributed by atoms with Gasteiger partial charge >= 0.3 is 6.03 Å². The Labute approximate surface area is 128 Å². The van der Waals surface area contributed by atoms with Crippen LogP contribution in [0.3, 0.4) is 0 Å². The van der Waals surface area contributed by atoms with Gasteiger partial charge in [-0.15, -0.1) is 0 Å². The first-order valence-electron chi connectivity index (χ1n) is 7.26. The van der Waals surface area contributed by atoms with Crippen LogP contribution in [-0.2, 0) is 16.0 Å². The summed E-state index contributed by atoms with van der Waals surface area (Å²) in [7, 11) is 0. The molecule has 0 aliphatic carbocycles. The number of ether oxygens (including phenoxy) is 1. The lowest BCUT2D eigenvalue weighted by molar-refractivity contribution is -0.121. The fourth-order valence-corrected chi connectivity index (χ4v) is 2.29. The number of hydrogen-bond donors (Lipinski definition) is 3. The summed E-state index contributed by atoms with van der Waals surface area (Å²) in [4.78, 5) is 23.3. The van der Waals surface area contributed by atoms with Crippen molar-refractivity contribution in [3.63, 3.8) is 0 Å². The normalized spacial score (nSPS) is 18.5. The number of nitrogens with one attached hydrogen (secondary N) is 3. The Balaban J connectivity index is 1.68. The number of rotatable bonds is 4. The highest BCUT2D eigenvalue weighted by molar-refractivity contribution is 5.82. The summed E-state index contributed by atoms with van der Waals surface area (Å²) >= 11 is 0. The summed E-state index contributed by atoms with van der Waals surface area (Å²) in [6, 6.07) is 4.99. The van der Waals surface area contributed by atoms with Crippen LogP contribution in [-0.4, -0.2) is 30.7 Å². The van der Waals surface area contributed by atoms with Crippen LogP contribution in [0.25, 0.3) is 0 Å². The van der Waals surface area contributed by atoms with Crippen molar-refractivity contribution in [3.05, 3.63) is 35.6 Å². The Morgan fingerprint density at radius 2 is 2.05 bits per heavy atom.